The summed E-state index contributed by atoms with van der Waals surface area (Å²) in [4.78, 5) is 11.5. The average Bonchev–Trinajstić information content (AvgIpc) is 2.28. The van der Waals surface area contributed by atoms with Crippen LogP contribution in [0.15, 0.2) is 30.3 Å². The van der Waals surface area contributed by atoms with Crippen molar-refractivity contribution in [2.75, 3.05) is 11.9 Å². The summed E-state index contributed by atoms with van der Waals surface area (Å²) < 4.78 is 0. The van der Waals surface area contributed by atoms with Gasteiger partial charge in [0, 0.05) is 18.2 Å². The van der Waals surface area contributed by atoms with Gasteiger partial charge in [0.05, 0.1) is 6.54 Å². The first-order chi connectivity index (χ1) is 7.72. The quantitative estimate of drug-likeness (QED) is 0.734. The summed E-state index contributed by atoms with van der Waals surface area (Å²) in [5.74, 6) is 2.49. The molecule has 0 radical (unpaired) electrons. The molecule has 3 heteroatoms. The molecular formula is C13H16N2O. The van der Waals surface area contributed by atoms with Crippen LogP contribution in [-0.2, 0) is 4.79 Å². The van der Waals surface area contributed by atoms with Crippen LogP contribution in [0.3, 0.4) is 0 Å². The number of benzene rings is 1. The minimum absolute atomic E-state index is 0.0601. The van der Waals surface area contributed by atoms with Crippen LogP contribution >= 0.6 is 0 Å². The predicted molar refractivity (Wildman–Crippen MR) is 66.0 cm³/mol. The van der Waals surface area contributed by atoms with Crippen LogP contribution in [0.2, 0.25) is 0 Å². The van der Waals surface area contributed by atoms with Crippen molar-refractivity contribution in [3.8, 4) is 12.3 Å². The minimum Gasteiger partial charge on any atom is -0.325 e. The molecule has 0 fully saturated rings. The predicted octanol–water partition coefficient (Wildman–Crippen LogP) is 1.63. The highest BCUT2D eigenvalue weighted by atomic mass is 16.1. The SMILES string of the molecule is C#CCC(C)NCC(=O)Nc1ccccc1. The van der Waals surface area contributed by atoms with Gasteiger partial charge < -0.3 is 10.6 Å². The first-order valence-corrected chi connectivity index (χ1v) is 5.24. The molecule has 3 nitrogen and oxygen atoms in total. The number of rotatable bonds is 5. The van der Waals surface area contributed by atoms with E-state index in [2.05, 4.69) is 16.6 Å². The Morgan fingerprint density at radius 3 is 2.75 bits per heavy atom. The molecular weight excluding hydrogens is 200 g/mol. The summed E-state index contributed by atoms with van der Waals surface area (Å²) in [5, 5.41) is 5.84. The number of carbonyl (C=O) groups excluding carboxylic acids is 1. The molecule has 1 unspecified atom stereocenters. The van der Waals surface area contributed by atoms with Gasteiger partial charge in [-0.15, -0.1) is 12.3 Å². The molecule has 1 aromatic rings. The molecule has 1 aromatic carbocycles. The van der Waals surface area contributed by atoms with Crippen LogP contribution in [-0.4, -0.2) is 18.5 Å². The van der Waals surface area contributed by atoms with Crippen molar-refractivity contribution in [1.82, 2.24) is 5.32 Å². The zero-order valence-electron chi connectivity index (χ0n) is 9.36. The highest BCUT2D eigenvalue weighted by molar-refractivity contribution is 5.92. The normalized spacial score (nSPS) is 11.5. The maximum absolute atomic E-state index is 11.5. The molecule has 0 aromatic heterocycles. The highest BCUT2D eigenvalue weighted by Gasteiger charge is 2.04. The van der Waals surface area contributed by atoms with Crippen molar-refractivity contribution in [2.24, 2.45) is 0 Å². The van der Waals surface area contributed by atoms with E-state index < -0.39 is 0 Å². The average molecular weight is 216 g/mol. The van der Waals surface area contributed by atoms with Crippen LogP contribution in [0.1, 0.15) is 13.3 Å². The fraction of sp³-hybridized carbons (Fsp3) is 0.308. The molecule has 1 atom stereocenters. The Labute approximate surface area is 96.2 Å². The van der Waals surface area contributed by atoms with Crippen LogP contribution in [0.25, 0.3) is 0 Å². The Hall–Kier alpha value is -1.79. The Bertz CT molecular complexity index is 367. The lowest BCUT2D eigenvalue weighted by Gasteiger charge is -2.10. The Morgan fingerprint density at radius 1 is 1.44 bits per heavy atom. The second-order valence-electron chi connectivity index (χ2n) is 3.60. The van der Waals surface area contributed by atoms with Crippen molar-refractivity contribution >= 4 is 11.6 Å². The van der Waals surface area contributed by atoms with E-state index in [1.54, 1.807) is 0 Å². The second-order valence-corrected chi connectivity index (χ2v) is 3.60. The molecule has 84 valence electrons. The third-order valence-corrected chi connectivity index (χ3v) is 2.09. The fourth-order valence-electron chi connectivity index (χ4n) is 1.24. The van der Waals surface area contributed by atoms with E-state index in [0.29, 0.717) is 6.42 Å². The summed E-state index contributed by atoms with van der Waals surface area (Å²) in [7, 11) is 0. The zero-order chi connectivity index (χ0) is 11.8. The Balaban J connectivity index is 2.29. The molecule has 1 amide bonds. The molecule has 0 aliphatic carbocycles. The van der Waals surface area contributed by atoms with Gasteiger partial charge in [0.1, 0.15) is 0 Å². The standard InChI is InChI=1S/C13H16N2O/c1-3-7-11(2)14-10-13(16)15-12-8-5-4-6-9-12/h1,4-6,8-9,11,14H,7,10H2,2H3,(H,15,16). The van der Waals surface area contributed by atoms with E-state index in [9.17, 15) is 4.79 Å². The molecule has 0 heterocycles. The summed E-state index contributed by atoms with van der Waals surface area (Å²) in [5.41, 5.74) is 0.805. The first-order valence-electron chi connectivity index (χ1n) is 5.24. The Morgan fingerprint density at radius 2 is 2.12 bits per heavy atom. The number of nitrogens with one attached hydrogen (secondary N) is 2. The van der Waals surface area contributed by atoms with E-state index in [4.69, 9.17) is 6.42 Å². The number of amides is 1. The lowest BCUT2D eigenvalue weighted by atomic mass is 10.2. The Kier molecular flexibility index (Phi) is 5.10. The topological polar surface area (TPSA) is 41.1 Å². The van der Waals surface area contributed by atoms with Gasteiger partial charge >= 0.3 is 0 Å². The second kappa shape index (κ2) is 6.65. The maximum Gasteiger partial charge on any atom is 0.238 e. The fourth-order valence-corrected chi connectivity index (χ4v) is 1.24. The van der Waals surface area contributed by atoms with E-state index in [1.807, 2.05) is 37.3 Å². The lowest BCUT2D eigenvalue weighted by Crippen LogP contribution is -2.34. The summed E-state index contributed by atoms with van der Waals surface area (Å²) in [6.45, 7) is 2.23. The lowest BCUT2D eigenvalue weighted by molar-refractivity contribution is -0.115. The molecule has 0 aliphatic heterocycles. The van der Waals surface area contributed by atoms with E-state index in [0.717, 1.165) is 5.69 Å². The van der Waals surface area contributed by atoms with Crippen LogP contribution in [0.5, 0.6) is 0 Å². The molecule has 2 N–H and O–H groups in total. The zero-order valence-corrected chi connectivity index (χ0v) is 9.36. The van der Waals surface area contributed by atoms with Gasteiger partial charge in [-0.25, -0.2) is 0 Å². The smallest absolute Gasteiger partial charge is 0.238 e. The molecule has 0 saturated carbocycles. The molecule has 0 aliphatic rings. The number of para-hydroxylation sites is 1. The van der Waals surface area contributed by atoms with E-state index in [-0.39, 0.29) is 18.5 Å². The van der Waals surface area contributed by atoms with Crippen LogP contribution in [0, 0.1) is 12.3 Å². The summed E-state index contributed by atoms with van der Waals surface area (Å²) >= 11 is 0. The number of anilines is 1. The van der Waals surface area contributed by atoms with E-state index >= 15 is 0 Å². The van der Waals surface area contributed by atoms with Gasteiger partial charge in [-0.3, -0.25) is 4.79 Å². The summed E-state index contributed by atoms with van der Waals surface area (Å²) in [6.07, 6.45) is 5.79. The minimum atomic E-state index is -0.0601. The molecule has 1 rings (SSSR count). The number of hydrogen-bond donors (Lipinski definition) is 2. The van der Waals surface area contributed by atoms with Crippen molar-refractivity contribution < 1.29 is 4.79 Å². The molecule has 0 saturated heterocycles. The number of hydrogen-bond acceptors (Lipinski definition) is 2. The largest absolute Gasteiger partial charge is 0.325 e. The van der Waals surface area contributed by atoms with Gasteiger partial charge in [-0.05, 0) is 19.1 Å². The molecule has 0 bridgehead atoms. The molecule has 16 heavy (non-hydrogen) atoms. The van der Waals surface area contributed by atoms with Gasteiger partial charge in [-0.2, -0.15) is 0 Å². The van der Waals surface area contributed by atoms with Crippen molar-refractivity contribution in [1.29, 1.82) is 0 Å². The highest BCUT2D eigenvalue weighted by Crippen LogP contribution is 2.03. The van der Waals surface area contributed by atoms with Crippen molar-refractivity contribution in [3.05, 3.63) is 30.3 Å². The third kappa shape index (κ3) is 4.63. The van der Waals surface area contributed by atoms with Gasteiger partial charge in [-0.1, -0.05) is 18.2 Å². The van der Waals surface area contributed by atoms with Gasteiger partial charge in [0.2, 0.25) is 5.91 Å². The van der Waals surface area contributed by atoms with Gasteiger partial charge in [0.15, 0.2) is 0 Å². The van der Waals surface area contributed by atoms with Gasteiger partial charge in [0.25, 0.3) is 0 Å². The maximum atomic E-state index is 11.5. The third-order valence-electron chi connectivity index (χ3n) is 2.09. The first kappa shape index (κ1) is 12.3. The van der Waals surface area contributed by atoms with Crippen molar-refractivity contribution in [2.45, 2.75) is 19.4 Å². The van der Waals surface area contributed by atoms with Crippen LogP contribution in [0.4, 0.5) is 5.69 Å². The van der Waals surface area contributed by atoms with Crippen LogP contribution < -0.4 is 10.6 Å². The monoisotopic (exact) mass is 216 g/mol. The summed E-state index contributed by atoms with van der Waals surface area (Å²) in [6, 6.07) is 9.52. The number of terminal acetylenes is 1. The molecule has 0 spiro atoms. The van der Waals surface area contributed by atoms with Crippen molar-refractivity contribution in [3.63, 3.8) is 0 Å². The number of carbonyl (C=O) groups is 1. The van der Waals surface area contributed by atoms with E-state index in [1.165, 1.54) is 0 Å².